The number of ether oxygens (including phenoxy) is 1. The number of morpholine rings is 1. The number of nitrogens with zero attached hydrogens (tertiary/aromatic N) is 3. The van der Waals surface area contributed by atoms with Crippen molar-refractivity contribution >= 4 is 21.8 Å². The summed E-state index contributed by atoms with van der Waals surface area (Å²) < 4.78 is 21.7. The maximum Gasteiger partial charge on any atom is 0.274 e. The van der Waals surface area contributed by atoms with Gasteiger partial charge >= 0.3 is 0 Å². The maximum atomic E-state index is 13.4. The van der Waals surface area contributed by atoms with Gasteiger partial charge in [-0.2, -0.15) is 5.10 Å². The zero-order valence-corrected chi connectivity index (χ0v) is 16.0. The molecule has 1 atom stereocenters. The highest BCUT2D eigenvalue weighted by atomic mass is 79.9. The summed E-state index contributed by atoms with van der Waals surface area (Å²) in [6, 6.07) is 15.6. The molecule has 2 aromatic carbocycles. The highest BCUT2D eigenvalue weighted by Gasteiger charge is 2.27. The Morgan fingerprint density at radius 3 is 2.78 bits per heavy atom. The van der Waals surface area contributed by atoms with Crippen molar-refractivity contribution in [1.29, 1.82) is 0 Å². The molecule has 3 aromatic rings. The predicted molar refractivity (Wildman–Crippen MR) is 102 cm³/mol. The first-order chi connectivity index (χ1) is 13.1. The van der Waals surface area contributed by atoms with Crippen LogP contribution in [0.25, 0.3) is 5.69 Å². The van der Waals surface area contributed by atoms with Gasteiger partial charge in [-0.05, 0) is 42.0 Å². The minimum atomic E-state index is -0.346. The van der Waals surface area contributed by atoms with Gasteiger partial charge in [0.05, 0.1) is 18.8 Å². The molecule has 7 heteroatoms. The van der Waals surface area contributed by atoms with Crippen molar-refractivity contribution in [2.75, 3.05) is 19.7 Å². The summed E-state index contributed by atoms with van der Waals surface area (Å²) >= 11 is 3.42. The van der Waals surface area contributed by atoms with Crippen LogP contribution in [-0.4, -0.2) is 40.3 Å². The van der Waals surface area contributed by atoms with E-state index in [1.165, 1.54) is 16.8 Å². The molecule has 138 valence electrons. The Morgan fingerprint density at radius 2 is 2.00 bits per heavy atom. The Hall–Kier alpha value is -2.51. The van der Waals surface area contributed by atoms with Gasteiger partial charge in [0.25, 0.3) is 5.91 Å². The number of halogens is 2. The normalized spacial score (nSPS) is 17.1. The molecule has 1 amide bonds. The third-order valence-corrected chi connectivity index (χ3v) is 5.01. The van der Waals surface area contributed by atoms with E-state index in [-0.39, 0.29) is 17.8 Å². The van der Waals surface area contributed by atoms with E-state index in [0.717, 1.165) is 10.0 Å². The number of carbonyl (C=O) groups excluding carboxylic acids is 1. The van der Waals surface area contributed by atoms with Crippen molar-refractivity contribution in [2.24, 2.45) is 0 Å². The molecule has 0 spiro atoms. The van der Waals surface area contributed by atoms with E-state index in [0.29, 0.717) is 31.1 Å². The zero-order chi connectivity index (χ0) is 18.8. The van der Waals surface area contributed by atoms with Crippen molar-refractivity contribution in [3.8, 4) is 5.69 Å². The molecular weight excluding hydrogens is 413 g/mol. The van der Waals surface area contributed by atoms with Crippen LogP contribution in [0.1, 0.15) is 22.2 Å². The molecule has 27 heavy (non-hydrogen) atoms. The fourth-order valence-electron chi connectivity index (χ4n) is 3.08. The lowest BCUT2D eigenvalue weighted by Crippen LogP contribution is -2.42. The molecule has 1 aromatic heterocycles. The van der Waals surface area contributed by atoms with Gasteiger partial charge in [-0.3, -0.25) is 4.79 Å². The van der Waals surface area contributed by atoms with E-state index in [2.05, 4.69) is 21.0 Å². The third kappa shape index (κ3) is 3.94. The lowest BCUT2D eigenvalue weighted by Gasteiger charge is -2.32. The number of benzene rings is 2. The van der Waals surface area contributed by atoms with Crippen molar-refractivity contribution in [1.82, 2.24) is 14.7 Å². The quantitative estimate of drug-likeness (QED) is 0.632. The lowest BCUT2D eigenvalue weighted by molar-refractivity contribution is -0.0230. The van der Waals surface area contributed by atoms with Crippen LogP contribution in [0.15, 0.2) is 65.3 Å². The van der Waals surface area contributed by atoms with Crippen molar-refractivity contribution in [3.05, 3.63) is 82.3 Å². The Bertz CT molecular complexity index is 958. The van der Waals surface area contributed by atoms with Crippen LogP contribution < -0.4 is 0 Å². The molecule has 0 N–H and O–H groups in total. The fraction of sp³-hybridized carbons (Fsp3) is 0.200. The van der Waals surface area contributed by atoms with Crippen LogP contribution in [0.3, 0.4) is 0 Å². The molecule has 5 nitrogen and oxygen atoms in total. The molecule has 4 rings (SSSR count). The Kier molecular flexibility index (Phi) is 5.05. The standard InChI is InChI=1S/C20H17BrFN3O2/c21-15-6-4-14(5-7-15)19-13-24(10-11-27-19)20(26)18-8-9-25(23-18)17-3-1-2-16(22)12-17/h1-9,12,19H,10-11,13H2. The summed E-state index contributed by atoms with van der Waals surface area (Å²) in [5, 5.41) is 4.32. The highest BCUT2D eigenvalue weighted by molar-refractivity contribution is 9.10. The average molecular weight is 430 g/mol. The Morgan fingerprint density at radius 1 is 1.19 bits per heavy atom. The van der Waals surface area contributed by atoms with Gasteiger partial charge in [-0.1, -0.05) is 34.1 Å². The second-order valence-electron chi connectivity index (χ2n) is 6.29. The number of aromatic nitrogens is 2. The van der Waals surface area contributed by atoms with E-state index in [4.69, 9.17) is 4.74 Å². The third-order valence-electron chi connectivity index (χ3n) is 4.48. The number of carbonyl (C=O) groups is 1. The molecule has 0 bridgehead atoms. The highest BCUT2D eigenvalue weighted by Crippen LogP contribution is 2.24. The number of amides is 1. The van der Waals surface area contributed by atoms with Gasteiger partial charge in [0, 0.05) is 17.2 Å². The Labute approximate surface area is 164 Å². The summed E-state index contributed by atoms with van der Waals surface area (Å²) in [7, 11) is 0. The van der Waals surface area contributed by atoms with Crippen LogP contribution in [0, 0.1) is 5.82 Å². The van der Waals surface area contributed by atoms with Crippen molar-refractivity contribution in [3.63, 3.8) is 0 Å². The second-order valence-corrected chi connectivity index (χ2v) is 7.20. The summed E-state index contributed by atoms with van der Waals surface area (Å²) in [5.41, 5.74) is 1.93. The van der Waals surface area contributed by atoms with E-state index >= 15 is 0 Å². The monoisotopic (exact) mass is 429 g/mol. The molecule has 2 heterocycles. The molecule has 1 aliphatic rings. The van der Waals surface area contributed by atoms with Crippen molar-refractivity contribution < 1.29 is 13.9 Å². The average Bonchev–Trinajstić information content (AvgIpc) is 3.18. The smallest absolute Gasteiger partial charge is 0.274 e. The topological polar surface area (TPSA) is 47.4 Å². The zero-order valence-electron chi connectivity index (χ0n) is 14.4. The summed E-state index contributed by atoms with van der Waals surface area (Å²) in [5.74, 6) is -0.503. The van der Waals surface area contributed by atoms with Gasteiger partial charge < -0.3 is 9.64 Å². The summed E-state index contributed by atoms with van der Waals surface area (Å²) in [6.07, 6.45) is 1.50. The molecule has 0 aliphatic carbocycles. The first-order valence-electron chi connectivity index (χ1n) is 8.58. The van der Waals surface area contributed by atoms with Gasteiger partial charge in [0.1, 0.15) is 11.9 Å². The summed E-state index contributed by atoms with van der Waals surface area (Å²) in [4.78, 5) is 14.6. The van der Waals surface area contributed by atoms with Gasteiger partial charge in [0.15, 0.2) is 5.69 Å². The molecule has 1 aliphatic heterocycles. The number of rotatable bonds is 3. The van der Waals surface area contributed by atoms with E-state index < -0.39 is 0 Å². The molecule has 1 unspecified atom stereocenters. The maximum absolute atomic E-state index is 13.4. The van der Waals surface area contributed by atoms with Crippen LogP contribution >= 0.6 is 15.9 Å². The molecule has 0 saturated carbocycles. The van der Waals surface area contributed by atoms with Crippen LogP contribution in [-0.2, 0) is 4.74 Å². The fourth-order valence-corrected chi connectivity index (χ4v) is 3.34. The van der Waals surface area contributed by atoms with E-state index in [1.807, 2.05) is 24.3 Å². The van der Waals surface area contributed by atoms with Crippen molar-refractivity contribution in [2.45, 2.75) is 6.10 Å². The van der Waals surface area contributed by atoms with Crippen LogP contribution in [0.2, 0.25) is 0 Å². The number of hydrogen-bond acceptors (Lipinski definition) is 3. The van der Waals surface area contributed by atoms with Gasteiger partial charge in [-0.15, -0.1) is 0 Å². The predicted octanol–water partition coefficient (Wildman–Crippen LogP) is 3.99. The summed E-state index contributed by atoms with van der Waals surface area (Å²) in [6.45, 7) is 1.45. The minimum absolute atomic E-state index is 0.157. The minimum Gasteiger partial charge on any atom is -0.370 e. The second kappa shape index (κ2) is 7.62. The molecular formula is C20H17BrFN3O2. The lowest BCUT2D eigenvalue weighted by atomic mass is 10.1. The SMILES string of the molecule is O=C(c1ccn(-c2cccc(F)c2)n1)N1CCOC(c2ccc(Br)cc2)C1. The first-order valence-corrected chi connectivity index (χ1v) is 9.37. The van der Waals surface area contributed by atoms with E-state index in [9.17, 15) is 9.18 Å². The van der Waals surface area contributed by atoms with Gasteiger partial charge in [0.2, 0.25) is 0 Å². The van der Waals surface area contributed by atoms with E-state index in [1.54, 1.807) is 29.3 Å². The Balaban J connectivity index is 1.50. The van der Waals surface area contributed by atoms with Crippen LogP contribution in [0.5, 0.6) is 0 Å². The first kappa shape index (κ1) is 17.9. The molecule has 1 saturated heterocycles. The largest absolute Gasteiger partial charge is 0.370 e. The van der Waals surface area contributed by atoms with Gasteiger partial charge in [-0.25, -0.2) is 9.07 Å². The number of hydrogen-bond donors (Lipinski definition) is 0. The molecule has 0 radical (unpaired) electrons. The molecule has 1 fully saturated rings. The van der Waals surface area contributed by atoms with Crippen LogP contribution in [0.4, 0.5) is 4.39 Å².